The maximum atomic E-state index is 14.4. The molecule has 4 N–H and O–H groups in total. The summed E-state index contributed by atoms with van der Waals surface area (Å²) in [5.74, 6) is -8.15. The largest absolute Gasteiger partial charge is 0.870 e. The topological polar surface area (TPSA) is 228 Å². The van der Waals surface area contributed by atoms with Gasteiger partial charge in [-0.2, -0.15) is 5.10 Å². The Labute approximate surface area is 371 Å². The molecule has 66 heavy (non-hydrogen) atoms. The van der Waals surface area contributed by atoms with Gasteiger partial charge in [-0.25, -0.2) is 81.1 Å². The fourth-order valence-corrected chi connectivity index (χ4v) is 8.27. The second-order valence-electron chi connectivity index (χ2n) is 15.5. The maximum Gasteiger partial charge on any atom is 0.305 e. The molecule has 2 fully saturated rings. The quantitative estimate of drug-likeness (QED) is 0.124. The Bertz CT molecular complexity index is 2890. The zero-order valence-corrected chi connectivity index (χ0v) is 36.4. The molecule has 0 radical (unpaired) electrons. The summed E-state index contributed by atoms with van der Waals surface area (Å²) in [6.07, 6.45) is 1.15. The molecule has 2 atom stereocenters. The number of hydroxylamine groups is 1. The smallest absolute Gasteiger partial charge is 0.305 e. The number of rotatable bonds is 12. The SMILES string of the molecule is CS(=O)(=O)N(O)CC1CN(c2cc(-c3cnc4ccc(C(F)F)nn34)ccn2)CCC1(F)F.CS(=O)(=O)NCC1CN(c2cc(-c3c[nH+]c4ccc(C(F)F)nn34)ccn2)CCC1(F)F.[OH-]. The number of aromatic nitrogens is 8. The van der Waals surface area contributed by atoms with Gasteiger partial charge in [0.05, 0.1) is 42.8 Å². The highest BCUT2D eigenvalue weighted by Gasteiger charge is 2.46. The maximum absolute atomic E-state index is 14.4. The fraction of sp³-hybridized carbons (Fsp3) is 0.421. The first-order chi connectivity index (χ1) is 30.5. The number of H-pyrrole nitrogens is 1. The molecule has 8 heterocycles. The minimum atomic E-state index is -4.05. The van der Waals surface area contributed by atoms with Crippen LogP contribution < -0.4 is 19.5 Å². The highest BCUT2D eigenvalue weighted by atomic mass is 32.2. The van der Waals surface area contributed by atoms with Crippen molar-refractivity contribution in [2.45, 2.75) is 37.5 Å². The number of aromatic amines is 1. The summed E-state index contributed by atoms with van der Waals surface area (Å²) in [4.78, 5) is 18.8. The van der Waals surface area contributed by atoms with Crippen LogP contribution in [0, 0.1) is 11.8 Å². The van der Waals surface area contributed by atoms with Gasteiger partial charge in [0.1, 0.15) is 23.5 Å². The van der Waals surface area contributed by atoms with Gasteiger partial charge in [-0.3, -0.25) is 5.21 Å². The number of hydrogen-bond donors (Lipinski definition) is 2. The third kappa shape index (κ3) is 11.3. The first kappa shape index (κ1) is 49.7. The predicted molar refractivity (Wildman–Crippen MR) is 220 cm³/mol. The van der Waals surface area contributed by atoms with Crippen molar-refractivity contribution in [2.75, 3.05) is 61.6 Å². The number of piperidine rings is 2. The number of anilines is 2. The van der Waals surface area contributed by atoms with E-state index in [0.29, 0.717) is 45.4 Å². The van der Waals surface area contributed by atoms with E-state index in [4.69, 9.17) is 0 Å². The van der Waals surface area contributed by atoms with E-state index in [1.807, 2.05) is 0 Å². The van der Waals surface area contributed by atoms with Gasteiger partial charge < -0.3 is 15.3 Å². The molecule has 8 rings (SSSR count). The van der Waals surface area contributed by atoms with Crippen LogP contribution >= 0.6 is 0 Å². The molecule has 0 bridgehead atoms. The van der Waals surface area contributed by atoms with Gasteiger partial charge in [0.15, 0.2) is 11.3 Å². The van der Waals surface area contributed by atoms with E-state index in [2.05, 4.69) is 34.9 Å². The number of nitrogens with zero attached hydrogens (tertiary/aromatic N) is 10. The number of pyridine rings is 2. The summed E-state index contributed by atoms with van der Waals surface area (Å²) in [6, 6.07) is 11.9. The lowest BCUT2D eigenvalue weighted by molar-refractivity contribution is -0.343. The summed E-state index contributed by atoms with van der Waals surface area (Å²) in [5, 5.41) is 17.6. The zero-order chi connectivity index (χ0) is 47.1. The van der Waals surface area contributed by atoms with Crippen molar-refractivity contribution >= 4 is 43.0 Å². The number of hydrogen-bond acceptors (Lipinski definition) is 13. The molecular formula is C38H42F8N12O6S2. The number of alkyl halides is 8. The zero-order valence-electron chi connectivity index (χ0n) is 34.7. The van der Waals surface area contributed by atoms with Gasteiger partial charge in [0.25, 0.3) is 24.7 Å². The molecule has 2 aliphatic rings. The van der Waals surface area contributed by atoms with Crippen LogP contribution in [0.3, 0.4) is 0 Å². The van der Waals surface area contributed by atoms with Crippen LogP contribution in [0.25, 0.3) is 33.8 Å². The molecule has 2 saturated heterocycles. The number of imidazole rings is 2. The van der Waals surface area contributed by atoms with Crippen molar-refractivity contribution in [3.8, 4) is 22.5 Å². The molecule has 6 aromatic heterocycles. The van der Waals surface area contributed by atoms with Crippen LogP contribution in [0.5, 0.6) is 0 Å². The molecule has 18 nitrogen and oxygen atoms in total. The first-order valence-corrected chi connectivity index (χ1v) is 23.3. The molecule has 2 unspecified atom stereocenters. The van der Waals surface area contributed by atoms with E-state index < -0.39 is 81.7 Å². The van der Waals surface area contributed by atoms with Crippen LogP contribution in [0.1, 0.15) is 37.1 Å². The van der Waals surface area contributed by atoms with Crippen LogP contribution in [-0.4, -0.2) is 130 Å². The Balaban J connectivity index is 0.000000215. The standard InChI is InChI=1S/C19H20F4N6O3S.C19H20F4N6O2S.H2O/c1-33(31,32)28(30)11-13-10-27(7-5-19(13,22)23)17-8-12(4-6-24-17)15-9-25-16-3-2-14(18(20)21)26-29(15)16;1-32(30,31)26-9-13-11-28(7-5-19(13,22)23)17-8-12(4-6-24-17)15-10-25-16-3-2-14(18(20)21)27-29(15)16;/h2-4,6,8-9,13,18,30H,5,7,10-11H2,1H3;2-4,6,8,10,13,18,26H,5,7,9,11H2,1H3;1H2. The summed E-state index contributed by atoms with van der Waals surface area (Å²) >= 11 is 0. The number of halogens is 8. The van der Waals surface area contributed by atoms with Crippen molar-refractivity contribution in [1.82, 2.24) is 43.4 Å². The molecule has 28 heteroatoms. The minimum absolute atomic E-state index is 0. The third-order valence-corrected chi connectivity index (χ3v) is 12.5. The first-order valence-electron chi connectivity index (χ1n) is 19.6. The predicted octanol–water partition coefficient (Wildman–Crippen LogP) is 4.82. The van der Waals surface area contributed by atoms with Gasteiger partial charge in [-0.15, -0.1) is 0 Å². The van der Waals surface area contributed by atoms with Crippen LogP contribution in [0.4, 0.5) is 46.8 Å². The highest BCUT2D eigenvalue weighted by molar-refractivity contribution is 7.88. The Kier molecular flexibility index (Phi) is 14.5. The van der Waals surface area contributed by atoms with Crippen molar-refractivity contribution in [1.29, 1.82) is 0 Å². The van der Waals surface area contributed by atoms with Gasteiger partial charge >= 0.3 is 5.65 Å². The van der Waals surface area contributed by atoms with E-state index in [9.17, 15) is 57.2 Å². The van der Waals surface area contributed by atoms with E-state index in [1.54, 1.807) is 40.3 Å². The monoisotopic (exact) mass is 978 g/mol. The van der Waals surface area contributed by atoms with E-state index in [-0.39, 0.29) is 48.4 Å². The normalized spacial score (nSPS) is 18.8. The average Bonchev–Trinajstić information content (AvgIpc) is 3.88. The summed E-state index contributed by atoms with van der Waals surface area (Å²) in [6.45, 7) is -1.52. The lowest BCUT2D eigenvalue weighted by Gasteiger charge is -2.39. The second kappa shape index (κ2) is 19.3. The van der Waals surface area contributed by atoms with Crippen LogP contribution in [0.15, 0.2) is 73.3 Å². The van der Waals surface area contributed by atoms with E-state index >= 15 is 0 Å². The molecule has 0 aliphatic carbocycles. The Morgan fingerprint density at radius 1 is 0.773 bits per heavy atom. The lowest BCUT2D eigenvalue weighted by Crippen LogP contribution is -2.51. The van der Waals surface area contributed by atoms with Gasteiger partial charge in [-0.1, -0.05) is 14.1 Å². The minimum Gasteiger partial charge on any atom is -0.870 e. The summed E-state index contributed by atoms with van der Waals surface area (Å²) < 4.78 is 160. The van der Waals surface area contributed by atoms with Crippen LogP contribution in [-0.2, 0) is 20.0 Å². The lowest BCUT2D eigenvalue weighted by atomic mass is 9.93. The third-order valence-electron chi connectivity index (χ3n) is 10.9. The van der Waals surface area contributed by atoms with Crippen LogP contribution in [0.2, 0.25) is 0 Å². The number of nitrogens with one attached hydrogen (secondary N) is 2. The van der Waals surface area contributed by atoms with E-state index in [1.165, 1.54) is 51.9 Å². The number of fused-ring (bicyclic) bond motifs is 2. The van der Waals surface area contributed by atoms with Crippen molar-refractivity contribution < 1.29 is 67.6 Å². The molecule has 0 saturated carbocycles. The molecule has 358 valence electrons. The fourth-order valence-electron chi connectivity index (χ4n) is 7.31. The van der Waals surface area contributed by atoms with Gasteiger partial charge in [-0.05, 0) is 42.5 Å². The molecular weight excluding hydrogens is 937 g/mol. The second-order valence-corrected chi connectivity index (χ2v) is 19.2. The molecule has 6 aromatic rings. The molecule has 0 amide bonds. The Hall–Kier alpha value is -5.68. The molecule has 0 spiro atoms. The van der Waals surface area contributed by atoms with Crippen molar-refractivity contribution in [2.24, 2.45) is 11.8 Å². The van der Waals surface area contributed by atoms with Crippen molar-refractivity contribution in [3.05, 3.63) is 84.7 Å². The molecule has 0 aromatic carbocycles. The van der Waals surface area contributed by atoms with E-state index in [0.717, 1.165) is 12.5 Å². The summed E-state index contributed by atoms with van der Waals surface area (Å²) in [7, 11) is -7.66. The highest BCUT2D eigenvalue weighted by Crippen LogP contribution is 2.38. The van der Waals surface area contributed by atoms with Gasteiger partial charge in [0.2, 0.25) is 25.7 Å². The number of sulfonamides is 2. The Morgan fingerprint density at radius 2 is 1.30 bits per heavy atom. The van der Waals surface area contributed by atoms with Gasteiger partial charge in [0, 0.05) is 75.2 Å². The van der Waals surface area contributed by atoms with Crippen molar-refractivity contribution in [3.63, 3.8) is 0 Å². The summed E-state index contributed by atoms with van der Waals surface area (Å²) in [5.41, 5.74) is 2.11. The molecule has 2 aliphatic heterocycles. The average molecular weight is 979 g/mol. The Morgan fingerprint density at radius 3 is 1.86 bits per heavy atom.